The van der Waals surface area contributed by atoms with Gasteiger partial charge in [0.15, 0.2) is 0 Å². The summed E-state index contributed by atoms with van der Waals surface area (Å²) in [5.41, 5.74) is 0.911. The lowest BCUT2D eigenvalue weighted by Gasteiger charge is -2.42. The Bertz CT molecular complexity index is 680. The highest BCUT2D eigenvalue weighted by Gasteiger charge is 2.44. The molecule has 24 heavy (non-hydrogen) atoms. The minimum atomic E-state index is -3.42. The Balaban J connectivity index is 1.61. The van der Waals surface area contributed by atoms with Crippen molar-refractivity contribution in [1.82, 2.24) is 14.2 Å². The maximum atomic E-state index is 12.8. The Hall–Kier alpha value is -1.47. The van der Waals surface area contributed by atoms with Crippen LogP contribution in [-0.2, 0) is 14.8 Å². The van der Waals surface area contributed by atoms with Gasteiger partial charge in [-0.25, -0.2) is 8.42 Å². The van der Waals surface area contributed by atoms with Crippen molar-refractivity contribution < 1.29 is 13.2 Å². The number of hydrogen-bond acceptors (Lipinski definition) is 4. The van der Waals surface area contributed by atoms with Crippen LogP contribution in [0, 0.1) is 5.92 Å². The van der Waals surface area contributed by atoms with E-state index in [0.717, 1.165) is 31.2 Å². The Morgan fingerprint density at radius 2 is 1.83 bits per heavy atom. The van der Waals surface area contributed by atoms with Crippen molar-refractivity contribution in [2.24, 2.45) is 5.92 Å². The van der Waals surface area contributed by atoms with Gasteiger partial charge >= 0.3 is 0 Å². The van der Waals surface area contributed by atoms with Crippen LogP contribution in [0.3, 0.4) is 0 Å². The van der Waals surface area contributed by atoms with E-state index in [2.05, 4.69) is 4.98 Å². The first-order valence-electron chi connectivity index (χ1n) is 8.57. The third-order valence-electron chi connectivity index (χ3n) is 5.42. The van der Waals surface area contributed by atoms with Crippen LogP contribution in [0.2, 0.25) is 0 Å². The first-order chi connectivity index (χ1) is 11.4. The molecule has 2 fully saturated rings. The highest BCUT2D eigenvalue weighted by molar-refractivity contribution is 7.89. The fraction of sp³-hybridized carbons (Fsp3) is 0.647. The lowest BCUT2D eigenvalue weighted by Crippen LogP contribution is -2.60. The zero-order chi connectivity index (χ0) is 17.3. The molecule has 0 N–H and O–H groups in total. The van der Waals surface area contributed by atoms with Crippen molar-refractivity contribution in [3.63, 3.8) is 0 Å². The Morgan fingerprint density at radius 1 is 1.25 bits per heavy atom. The SMILES string of the molecule is CC(c1ccncc1)N(C)S(=O)(=O)C1CN(C(=O)C2CCCC2)C1. The normalized spacial score (nSPS) is 21.0. The summed E-state index contributed by atoms with van der Waals surface area (Å²) >= 11 is 0. The van der Waals surface area contributed by atoms with E-state index in [1.54, 1.807) is 24.3 Å². The lowest BCUT2D eigenvalue weighted by atomic mass is 10.0. The molecule has 1 saturated heterocycles. The highest BCUT2D eigenvalue weighted by atomic mass is 32.2. The van der Waals surface area contributed by atoms with Gasteiger partial charge in [0.25, 0.3) is 0 Å². The van der Waals surface area contributed by atoms with Crippen LogP contribution >= 0.6 is 0 Å². The Kier molecular flexibility index (Phi) is 4.92. The molecule has 0 bridgehead atoms. The zero-order valence-electron chi connectivity index (χ0n) is 14.3. The molecule has 1 aliphatic carbocycles. The van der Waals surface area contributed by atoms with Gasteiger partial charge in [-0.3, -0.25) is 9.78 Å². The molecule has 1 aromatic heterocycles. The van der Waals surface area contributed by atoms with Gasteiger partial charge in [-0.05, 0) is 37.5 Å². The van der Waals surface area contributed by atoms with E-state index in [-0.39, 0.29) is 17.9 Å². The number of carbonyl (C=O) groups excluding carboxylic acids is 1. The van der Waals surface area contributed by atoms with Crippen LogP contribution in [-0.4, -0.2) is 53.9 Å². The van der Waals surface area contributed by atoms with Gasteiger partial charge in [-0.2, -0.15) is 4.31 Å². The molecular weight excluding hydrogens is 326 g/mol. The molecule has 1 unspecified atom stereocenters. The molecule has 3 rings (SSSR count). The average Bonchev–Trinajstić information content (AvgIpc) is 3.07. The summed E-state index contributed by atoms with van der Waals surface area (Å²) in [5, 5.41) is -0.489. The predicted molar refractivity (Wildman–Crippen MR) is 91.7 cm³/mol. The summed E-state index contributed by atoms with van der Waals surface area (Å²) in [6.07, 6.45) is 7.45. The molecule has 7 heteroatoms. The molecule has 6 nitrogen and oxygen atoms in total. The van der Waals surface area contributed by atoms with Gasteiger partial charge in [-0.15, -0.1) is 0 Å². The van der Waals surface area contributed by atoms with Gasteiger partial charge in [-0.1, -0.05) is 12.8 Å². The van der Waals surface area contributed by atoms with Crippen molar-refractivity contribution >= 4 is 15.9 Å². The third-order valence-corrected chi connectivity index (χ3v) is 7.68. The van der Waals surface area contributed by atoms with Crippen LogP contribution in [0.5, 0.6) is 0 Å². The second-order valence-electron chi connectivity index (χ2n) is 6.86. The Morgan fingerprint density at radius 3 is 2.42 bits per heavy atom. The molecule has 1 saturated carbocycles. The van der Waals surface area contributed by atoms with Crippen LogP contribution in [0.15, 0.2) is 24.5 Å². The number of amides is 1. The van der Waals surface area contributed by atoms with E-state index >= 15 is 0 Å². The second-order valence-corrected chi connectivity index (χ2v) is 9.14. The fourth-order valence-electron chi connectivity index (χ4n) is 3.54. The van der Waals surface area contributed by atoms with Crippen LogP contribution in [0.1, 0.15) is 44.2 Å². The van der Waals surface area contributed by atoms with E-state index in [4.69, 9.17) is 0 Å². The van der Waals surface area contributed by atoms with E-state index in [1.807, 2.05) is 19.1 Å². The molecule has 1 aromatic rings. The molecule has 2 aliphatic rings. The van der Waals surface area contributed by atoms with Gasteiger partial charge < -0.3 is 4.90 Å². The number of hydrogen-bond donors (Lipinski definition) is 0. The van der Waals surface area contributed by atoms with Crippen LogP contribution in [0.4, 0.5) is 0 Å². The van der Waals surface area contributed by atoms with Crippen molar-refractivity contribution in [3.05, 3.63) is 30.1 Å². The van der Waals surface area contributed by atoms with Crippen molar-refractivity contribution in [2.75, 3.05) is 20.1 Å². The summed E-state index contributed by atoms with van der Waals surface area (Å²) in [6.45, 7) is 2.52. The van der Waals surface area contributed by atoms with Crippen LogP contribution < -0.4 is 0 Å². The van der Waals surface area contributed by atoms with Gasteiger partial charge in [0.1, 0.15) is 5.25 Å². The number of aromatic nitrogens is 1. The Labute approximate surface area is 143 Å². The number of pyridine rings is 1. The molecule has 132 valence electrons. The monoisotopic (exact) mass is 351 g/mol. The molecule has 2 heterocycles. The quantitative estimate of drug-likeness (QED) is 0.811. The number of rotatable bonds is 5. The summed E-state index contributed by atoms with van der Waals surface area (Å²) in [4.78, 5) is 18.0. The fourth-order valence-corrected chi connectivity index (χ4v) is 5.31. The molecular formula is C17H25N3O3S. The number of likely N-dealkylation sites (tertiary alicyclic amines) is 1. The van der Waals surface area contributed by atoms with Gasteiger partial charge in [0.2, 0.25) is 15.9 Å². The number of carbonyl (C=O) groups is 1. The maximum Gasteiger partial charge on any atom is 0.225 e. The van der Waals surface area contributed by atoms with E-state index in [1.165, 1.54) is 4.31 Å². The minimum Gasteiger partial charge on any atom is -0.340 e. The zero-order valence-corrected chi connectivity index (χ0v) is 15.1. The summed E-state index contributed by atoms with van der Waals surface area (Å²) < 4.78 is 27.0. The minimum absolute atomic E-state index is 0.113. The average molecular weight is 351 g/mol. The second kappa shape index (κ2) is 6.80. The third kappa shape index (κ3) is 3.19. The van der Waals surface area contributed by atoms with Crippen molar-refractivity contribution in [1.29, 1.82) is 0 Å². The topological polar surface area (TPSA) is 70.6 Å². The molecule has 0 spiro atoms. The van der Waals surface area contributed by atoms with E-state index in [0.29, 0.717) is 13.1 Å². The van der Waals surface area contributed by atoms with Crippen LogP contribution in [0.25, 0.3) is 0 Å². The molecule has 1 aliphatic heterocycles. The maximum absolute atomic E-state index is 12.8. The van der Waals surface area contributed by atoms with Gasteiger partial charge in [0.05, 0.1) is 0 Å². The standard InChI is InChI=1S/C17H25N3O3S/c1-13(14-7-9-18-10-8-14)19(2)24(22,23)16-11-20(12-16)17(21)15-5-3-4-6-15/h7-10,13,15-16H,3-6,11-12H2,1-2H3. The predicted octanol–water partition coefficient (Wildman–Crippen LogP) is 1.81. The first-order valence-corrected chi connectivity index (χ1v) is 10.1. The first kappa shape index (κ1) is 17.4. The highest BCUT2D eigenvalue weighted by Crippen LogP contribution is 2.31. The van der Waals surface area contributed by atoms with Crippen molar-refractivity contribution in [2.45, 2.75) is 43.9 Å². The van der Waals surface area contributed by atoms with E-state index in [9.17, 15) is 13.2 Å². The molecule has 1 amide bonds. The van der Waals surface area contributed by atoms with Crippen molar-refractivity contribution in [3.8, 4) is 0 Å². The number of nitrogens with zero attached hydrogens (tertiary/aromatic N) is 3. The lowest BCUT2D eigenvalue weighted by molar-refractivity contribution is -0.138. The van der Waals surface area contributed by atoms with E-state index < -0.39 is 15.3 Å². The summed E-state index contributed by atoms with van der Waals surface area (Å²) in [7, 11) is -1.81. The largest absolute Gasteiger partial charge is 0.340 e. The number of sulfonamides is 1. The molecule has 0 radical (unpaired) electrons. The summed E-state index contributed by atoms with van der Waals surface area (Å²) in [5.74, 6) is 0.255. The molecule has 0 aromatic carbocycles. The van der Waals surface area contributed by atoms with Gasteiger partial charge in [0, 0.05) is 44.5 Å². The molecule has 1 atom stereocenters. The smallest absolute Gasteiger partial charge is 0.225 e. The summed E-state index contributed by atoms with van der Waals surface area (Å²) in [6, 6.07) is 3.40.